The van der Waals surface area contributed by atoms with Crippen LogP contribution in [0, 0.1) is 92.7 Å². The first-order chi connectivity index (χ1) is 27.2. The van der Waals surface area contributed by atoms with Crippen LogP contribution >= 0.6 is 0 Å². The maximum absolute atomic E-state index is 12.2. The van der Waals surface area contributed by atoms with Gasteiger partial charge in [0.15, 0.2) is 14.1 Å². The molecule has 1 spiro atoms. The van der Waals surface area contributed by atoms with Gasteiger partial charge in [-0.1, -0.05) is 33.3 Å². The number of fused-ring (bicyclic) bond motifs is 20. The fourth-order valence-corrected chi connectivity index (χ4v) is 19.9. The molecule has 11 aliphatic carbocycles. The number of allylic oxidation sites excluding steroid dienone is 1. The highest BCUT2D eigenvalue weighted by Crippen LogP contribution is 2.82. The minimum absolute atomic E-state index is 0.000460. The molecular formula is C50H76O7Si. The van der Waals surface area contributed by atoms with Crippen LogP contribution in [0.1, 0.15) is 143 Å². The fraction of sp³-hybridized carbons (Fsp3) is 0.920. The maximum atomic E-state index is 12.2. The maximum Gasteiger partial charge on any atom is 0.306 e. The summed E-state index contributed by atoms with van der Waals surface area (Å²) in [7, 11) is -1.50. The summed E-state index contributed by atoms with van der Waals surface area (Å²) < 4.78 is 12.3. The van der Waals surface area contributed by atoms with E-state index in [4.69, 9.17) is 9.16 Å². The Morgan fingerprint density at radius 3 is 2.17 bits per heavy atom. The molecule has 0 bridgehead atoms. The molecule has 8 heteroatoms. The summed E-state index contributed by atoms with van der Waals surface area (Å²) in [6.45, 7) is 17.2. The molecule has 1 saturated heterocycles. The number of rotatable bonds is 5. The molecular weight excluding hydrogens is 741 g/mol. The van der Waals surface area contributed by atoms with E-state index in [1.165, 1.54) is 31.3 Å². The van der Waals surface area contributed by atoms with Crippen LogP contribution in [0.3, 0.4) is 0 Å². The van der Waals surface area contributed by atoms with E-state index in [0.29, 0.717) is 60.1 Å². The Morgan fingerprint density at radius 2 is 1.43 bits per heavy atom. The highest BCUT2D eigenvalue weighted by molar-refractivity contribution is 6.69. The summed E-state index contributed by atoms with van der Waals surface area (Å²) >= 11 is 0. The third-order valence-corrected chi connectivity index (χ3v) is 23.2. The number of esters is 1. The molecule has 0 aromatic carbocycles. The molecule has 3 N–H and O–H groups in total. The first-order valence-corrected chi connectivity index (χ1v) is 27.9. The predicted molar refractivity (Wildman–Crippen MR) is 225 cm³/mol. The lowest BCUT2D eigenvalue weighted by molar-refractivity contribution is -0.233. The Bertz CT molecular complexity index is 1810. The van der Waals surface area contributed by atoms with E-state index in [1.807, 2.05) is 0 Å². The molecule has 0 amide bonds. The highest BCUT2D eigenvalue weighted by Gasteiger charge is 2.81. The van der Waals surface area contributed by atoms with Crippen LogP contribution in [-0.2, 0) is 18.8 Å². The number of hydrogen-bond donors (Lipinski definition) is 3. The third kappa shape index (κ3) is 5.11. The SMILES string of the molecule is C[C@]12CCC(=O)C=C1[C@@H]1C[C@@H]1C1C2CC[C@@]2(C)C1[C@@H]1C[C@@H]1[C@@]21CCC(=O)O1.C[C@]12CCC3C(C1CC[C@@]2(O)CCCO[Si](C)(C)C)[C@H]1C[C@H]1C1(O)CC(O)CC[C@]31C. The Hall–Kier alpha value is -1.06. The molecule has 58 heavy (non-hydrogen) atoms. The van der Waals surface area contributed by atoms with Gasteiger partial charge in [0.1, 0.15) is 5.60 Å². The van der Waals surface area contributed by atoms with Crippen molar-refractivity contribution in [2.75, 3.05) is 6.61 Å². The van der Waals surface area contributed by atoms with Crippen molar-refractivity contribution in [2.24, 2.45) is 92.7 Å². The van der Waals surface area contributed by atoms with E-state index in [-0.39, 0.29) is 39.3 Å². The van der Waals surface area contributed by atoms with E-state index in [1.54, 1.807) is 0 Å². The predicted octanol–water partition coefficient (Wildman–Crippen LogP) is 9.03. The van der Waals surface area contributed by atoms with Gasteiger partial charge in [0, 0.05) is 37.2 Å². The van der Waals surface area contributed by atoms with Crippen molar-refractivity contribution in [3.8, 4) is 0 Å². The topological polar surface area (TPSA) is 113 Å². The molecule has 7 nitrogen and oxygen atoms in total. The third-order valence-electron chi connectivity index (χ3n) is 22.1. The van der Waals surface area contributed by atoms with Gasteiger partial charge in [-0.25, -0.2) is 0 Å². The van der Waals surface area contributed by atoms with Gasteiger partial charge in [0.05, 0.1) is 17.3 Å². The van der Waals surface area contributed by atoms with Gasteiger partial charge in [-0.3, -0.25) is 9.59 Å². The second-order valence-corrected chi connectivity index (χ2v) is 29.7. The molecule has 0 aromatic rings. The van der Waals surface area contributed by atoms with Gasteiger partial charge < -0.3 is 24.5 Å². The summed E-state index contributed by atoms with van der Waals surface area (Å²) in [5.74, 6) is 8.41. The first kappa shape index (κ1) is 39.8. The Labute approximate surface area is 349 Å². The van der Waals surface area contributed by atoms with Crippen molar-refractivity contribution in [2.45, 2.75) is 186 Å². The van der Waals surface area contributed by atoms with Crippen molar-refractivity contribution in [1.82, 2.24) is 0 Å². The summed E-state index contributed by atoms with van der Waals surface area (Å²) in [5, 5.41) is 34.2. The highest BCUT2D eigenvalue weighted by atomic mass is 28.4. The Kier molecular flexibility index (Phi) is 8.46. The summed E-state index contributed by atoms with van der Waals surface area (Å²) in [6, 6.07) is 0. The largest absolute Gasteiger partial charge is 0.458 e. The van der Waals surface area contributed by atoms with Crippen LogP contribution in [0.5, 0.6) is 0 Å². The first-order valence-electron chi connectivity index (χ1n) is 24.5. The zero-order valence-corrected chi connectivity index (χ0v) is 38.0. The van der Waals surface area contributed by atoms with Crippen LogP contribution in [0.25, 0.3) is 0 Å². The van der Waals surface area contributed by atoms with Gasteiger partial charge in [-0.05, 0) is 203 Å². The molecule has 0 radical (unpaired) electrons. The second kappa shape index (κ2) is 12.3. The molecule has 12 rings (SSSR count). The van der Waals surface area contributed by atoms with E-state index >= 15 is 0 Å². The van der Waals surface area contributed by atoms with Crippen molar-refractivity contribution >= 4 is 20.1 Å². The van der Waals surface area contributed by atoms with Crippen molar-refractivity contribution in [3.63, 3.8) is 0 Å². The standard InChI is InChI=1S/C26H46O4Si.C24H30O3/c1-23-12-8-20-22(18-15-21(18)26(29)16-17(27)7-11-24(20,26)2)19(23)9-13-25(23,28)10-6-14-30-31(3,4)5;1-22-6-3-12(25)9-17(22)13-10-14(13)20-16(22)4-7-23(2)21(20)15-11-18(15)24(23)8-5-19(26)27-24/h17-22,27-29H,6-16H2,1-5H3;9,13-16,18,20-21H,3-8,10-11H2,1-2H3/t17?,18-,19?,20?,21+,22?,23-,24+,25-,26?;13-,14+,15-,16?,18+,20?,21?,22-,23+,24+/m01/s1. The number of hydrogen-bond acceptors (Lipinski definition) is 7. The smallest absolute Gasteiger partial charge is 0.306 e. The molecule has 322 valence electrons. The molecule has 20 atom stereocenters. The molecule has 11 fully saturated rings. The van der Waals surface area contributed by atoms with Crippen LogP contribution in [-0.4, -0.2) is 64.9 Å². The minimum atomic E-state index is -1.50. The lowest BCUT2D eigenvalue weighted by Gasteiger charge is -2.64. The number of aliphatic hydroxyl groups excluding tert-OH is 1. The quantitative estimate of drug-likeness (QED) is 0.144. The van der Waals surface area contributed by atoms with Crippen LogP contribution < -0.4 is 0 Å². The second-order valence-electron chi connectivity index (χ2n) is 25.2. The average Bonchev–Trinajstić information content (AvgIpc) is 4.08. The molecule has 1 aliphatic heterocycles. The normalized spacial score (nSPS) is 58.7. The average molecular weight is 817 g/mol. The monoisotopic (exact) mass is 817 g/mol. The Morgan fingerprint density at radius 1 is 0.741 bits per heavy atom. The zero-order chi connectivity index (χ0) is 40.8. The van der Waals surface area contributed by atoms with Crippen LogP contribution in [0.2, 0.25) is 19.6 Å². The van der Waals surface area contributed by atoms with Gasteiger partial charge in [0.25, 0.3) is 0 Å². The van der Waals surface area contributed by atoms with Crippen molar-refractivity contribution in [3.05, 3.63) is 11.6 Å². The molecule has 12 aliphatic rings. The number of ketones is 1. The number of aliphatic hydroxyl groups is 3. The van der Waals surface area contributed by atoms with Gasteiger partial charge in [-0.2, -0.15) is 0 Å². The van der Waals surface area contributed by atoms with Crippen molar-refractivity contribution < 1.29 is 34.1 Å². The molecule has 1 heterocycles. The Balaban J connectivity index is 0.000000134. The van der Waals surface area contributed by atoms with Crippen molar-refractivity contribution in [1.29, 1.82) is 0 Å². The molecule has 10 saturated carbocycles. The fourth-order valence-electron chi connectivity index (χ4n) is 19.2. The number of carbonyl (C=O) groups is 2. The lowest BCUT2D eigenvalue weighted by atomic mass is 9.43. The number of carbonyl (C=O) groups excluding carboxylic acids is 2. The minimum Gasteiger partial charge on any atom is -0.458 e. The van der Waals surface area contributed by atoms with E-state index < -0.39 is 19.5 Å². The number of ether oxygens (including phenoxy) is 1. The molecule has 0 aromatic heterocycles. The van der Waals surface area contributed by atoms with E-state index in [2.05, 4.69) is 53.4 Å². The summed E-state index contributed by atoms with van der Waals surface area (Å²) in [5.41, 5.74) is 0.547. The zero-order valence-electron chi connectivity index (χ0n) is 37.0. The van der Waals surface area contributed by atoms with E-state index in [9.17, 15) is 24.9 Å². The van der Waals surface area contributed by atoms with Crippen LogP contribution in [0.15, 0.2) is 11.6 Å². The van der Waals surface area contributed by atoms with Gasteiger partial charge in [-0.15, -0.1) is 0 Å². The molecule has 8 unspecified atom stereocenters. The lowest BCUT2D eigenvalue weighted by Crippen LogP contribution is -2.65. The van der Waals surface area contributed by atoms with Gasteiger partial charge in [0.2, 0.25) is 0 Å². The summed E-state index contributed by atoms with van der Waals surface area (Å²) in [4.78, 5) is 24.3. The van der Waals surface area contributed by atoms with E-state index in [0.717, 1.165) is 113 Å². The van der Waals surface area contributed by atoms with Crippen LogP contribution in [0.4, 0.5) is 0 Å². The van der Waals surface area contributed by atoms with Gasteiger partial charge >= 0.3 is 5.97 Å². The summed E-state index contributed by atoms with van der Waals surface area (Å²) in [6.07, 6.45) is 19.9.